The van der Waals surface area contributed by atoms with E-state index in [1.165, 1.54) is 12.8 Å². The third-order valence-electron chi connectivity index (χ3n) is 2.21. The van der Waals surface area contributed by atoms with Crippen molar-refractivity contribution in [3.63, 3.8) is 0 Å². The first-order valence-electron chi connectivity index (χ1n) is 4.17. The highest BCUT2D eigenvalue weighted by Crippen LogP contribution is 2.33. The lowest BCUT2D eigenvalue weighted by Gasteiger charge is -2.16. The van der Waals surface area contributed by atoms with Crippen molar-refractivity contribution in [2.75, 3.05) is 0 Å². The summed E-state index contributed by atoms with van der Waals surface area (Å²) in [4.78, 5) is 0. The Balaban J connectivity index is 2.11. The van der Waals surface area contributed by atoms with E-state index in [0.717, 1.165) is 18.8 Å². The molecule has 1 rings (SSSR count). The van der Waals surface area contributed by atoms with E-state index in [-0.39, 0.29) is 12.1 Å². The van der Waals surface area contributed by atoms with Gasteiger partial charge in [-0.25, -0.2) is 0 Å². The number of hydrogen-bond donors (Lipinski definition) is 2. The second-order valence-electron chi connectivity index (χ2n) is 3.32. The van der Waals surface area contributed by atoms with Crippen LogP contribution in [0, 0.1) is 5.92 Å². The SMILES string of the molecule is CCC(O)C(N)CC1CC1. The quantitative estimate of drug-likeness (QED) is 0.613. The molecule has 60 valence electrons. The maximum Gasteiger partial charge on any atom is 0.0688 e. The molecule has 0 radical (unpaired) electrons. The Kier molecular flexibility index (Phi) is 2.69. The lowest BCUT2D eigenvalue weighted by atomic mass is 10.0. The molecule has 1 saturated carbocycles. The van der Waals surface area contributed by atoms with Gasteiger partial charge in [-0.1, -0.05) is 19.8 Å². The second kappa shape index (κ2) is 3.35. The Morgan fingerprint density at radius 3 is 2.60 bits per heavy atom. The van der Waals surface area contributed by atoms with Crippen LogP contribution in [0.15, 0.2) is 0 Å². The molecule has 0 aromatic rings. The standard InChI is InChI=1S/C8H17NO/c1-2-8(10)7(9)5-6-3-4-6/h6-8,10H,2-5,9H2,1H3. The minimum Gasteiger partial charge on any atom is -0.392 e. The molecule has 1 fully saturated rings. The van der Waals surface area contributed by atoms with Crippen LogP contribution in [-0.4, -0.2) is 17.3 Å². The summed E-state index contributed by atoms with van der Waals surface area (Å²) < 4.78 is 0. The van der Waals surface area contributed by atoms with Crippen LogP contribution in [-0.2, 0) is 0 Å². The first-order chi connectivity index (χ1) is 4.74. The van der Waals surface area contributed by atoms with Crippen LogP contribution in [0.2, 0.25) is 0 Å². The molecule has 2 atom stereocenters. The van der Waals surface area contributed by atoms with Gasteiger partial charge in [-0.3, -0.25) is 0 Å². The Labute approximate surface area is 62.4 Å². The Bertz CT molecular complexity index is 101. The number of aliphatic hydroxyl groups is 1. The lowest BCUT2D eigenvalue weighted by Crippen LogP contribution is -2.34. The van der Waals surface area contributed by atoms with Crippen molar-refractivity contribution in [2.45, 2.75) is 44.8 Å². The smallest absolute Gasteiger partial charge is 0.0688 e. The van der Waals surface area contributed by atoms with Gasteiger partial charge in [-0.05, 0) is 18.8 Å². The summed E-state index contributed by atoms with van der Waals surface area (Å²) in [5.41, 5.74) is 5.72. The van der Waals surface area contributed by atoms with Gasteiger partial charge in [-0.2, -0.15) is 0 Å². The first-order valence-corrected chi connectivity index (χ1v) is 4.17. The third kappa shape index (κ3) is 2.27. The van der Waals surface area contributed by atoms with Crippen LogP contribution in [0.25, 0.3) is 0 Å². The van der Waals surface area contributed by atoms with Gasteiger partial charge >= 0.3 is 0 Å². The van der Waals surface area contributed by atoms with Crippen LogP contribution in [0.1, 0.15) is 32.6 Å². The third-order valence-corrected chi connectivity index (χ3v) is 2.21. The fraction of sp³-hybridized carbons (Fsp3) is 1.00. The maximum atomic E-state index is 9.28. The Hall–Kier alpha value is -0.0800. The molecule has 1 aliphatic carbocycles. The molecule has 0 bridgehead atoms. The van der Waals surface area contributed by atoms with E-state index in [1.807, 2.05) is 6.92 Å². The molecule has 10 heavy (non-hydrogen) atoms. The highest BCUT2D eigenvalue weighted by atomic mass is 16.3. The summed E-state index contributed by atoms with van der Waals surface area (Å²) in [6.45, 7) is 1.97. The van der Waals surface area contributed by atoms with E-state index in [2.05, 4.69) is 0 Å². The monoisotopic (exact) mass is 143 g/mol. The van der Waals surface area contributed by atoms with Crippen LogP contribution in [0.3, 0.4) is 0 Å². The topological polar surface area (TPSA) is 46.2 Å². The average Bonchev–Trinajstić information content (AvgIpc) is 2.70. The van der Waals surface area contributed by atoms with E-state index >= 15 is 0 Å². The van der Waals surface area contributed by atoms with Crippen LogP contribution >= 0.6 is 0 Å². The van der Waals surface area contributed by atoms with E-state index in [9.17, 15) is 5.11 Å². The Morgan fingerprint density at radius 2 is 2.20 bits per heavy atom. The lowest BCUT2D eigenvalue weighted by molar-refractivity contribution is 0.134. The van der Waals surface area contributed by atoms with Crippen molar-refractivity contribution >= 4 is 0 Å². The molecular formula is C8H17NO. The number of hydrogen-bond acceptors (Lipinski definition) is 2. The largest absolute Gasteiger partial charge is 0.392 e. The summed E-state index contributed by atoms with van der Waals surface area (Å²) in [5.74, 6) is 0.830. The molecule has 0 spiro atoms. The van der Waals surface area contributed by atoms with Gasteiger partial charge in [-0.15, -0.1) is 0 Å². The molecular weight excluding hydrogens is 126 g/mol. The molecule has 3 N–H and O–H groups in total. The normalized spacial score (nSPS) is 24.3. The zero-order chi connectivity index (χ0) is 7.56. The molecule has 0 amide bonds. The van der Waals surface area contributed by atoms with Crippen molar-refractivity contribution in [2.24, 2.45) is 11.7 Å². The zero-order valence-electron chi connectivity index (χ0n) is 6.59. The van der Waals surface area contributed by atoms with Gasteiger partial charge in [0.1, 0.15) is 0 Å². The van der Waals surface area contributed by atoms with Crippen molar-refractivity contribution in [3.05, 3.63) is 0 Å². The summed E-state index contributed by atoms with van der Waals surface area (Å²) in [6, 6.07) is 0.0255. The van der Waals surface area contributed by atoms with Gasteiger partial charge in [0.2, 0.25) is 0 Å². The predicted octanol–water partition coefficient (Wildman–Crippen LogP) is 0.885. The van der Waals surface area contributed by atoms with E-state index in [4.69, 9.17) is 5.73 Å². The van der Waals surface area contributed by atoms with Gasteiger partial charge in [0.15, 0.2) is 0 Å². The number of nitrogens with two attached hydrogens (primary N) is 1. The highest BCUT2D eigenvalue weighted by Gasteiger charge is 2.26. The van der Waals surface area contributed by atoms with Crippen molar-refractivity contribution < 1.29 is 5.11 Å². The first kappa shape index (κ1) is 8.02. The summed E-state index contributed by atoms with van der Waals surface area (Å²) in [6.07, 6.45) is 4.18. The zero-order valence-corrected chi connectivity index (χ0v) is 6.59. The highest BCUT2D eigenvalue weighted by molar-refractivity contribution is 4.81. The van der Waals surface area contributed by atoms with Crippen molar-refractivity contribution in [3.8, 4) is 0 Å². The van der Waals surface area contributed by atoms with Crippen LogP contribution < -0.4 is 5.73 Å². The van der Waals surface area contributed by atoms with Crippen molar-refractivity contribution in [1.82, 2.24) is 0 Å². The van der Waals surface area contributed by atoms with Gasteiger partial charge in [0, 0.05) is 6.04 Å². The fourth-order valence-electron chi connectivity index (χ4n) is 1.20. The van der Waals surface area contributed by atoms with Crippen LogP contribution in [0.5, 0.6) is 0 Å². The molecule has 0 aliphatic heterocycles. The summed E-state index contributed by atoms with van der Waals surface area (Å²) in [7, 11) is 0. The average molecular weight is 143 g/mol. The van der Waals surface area contributed by atoms with E-state index in [0.29, 0.717) is 0 Å². The van der Waals surface area contributed by atoms with Gasteiger partial charge in [0.25, 0.3) is 0 Å². The molecule has 0 saturated heterocycles. The molecule has 0 heterocycles. The summed E-state index contributed by atoms with van der Waals surface area (Å²) >= 11 is 0. The molecule has 0 aromatic heterocycles. The molecule has 0 aromatic carbocycles. The van der Waals surface area contributed by atoms with E-state index in [1.54, 1.807) is 0 Å². The molecule has 2 unspecified atom stereocenters. The molecule has 2 heteroatoms. The maximum absolute atomic E-state index is 9.28. The number of rotatable bonds is 4. The van der Waals surface area contributed by atoms with Crippen molar-refractivity contribution in [1.29, 1.82) is 0 Å². The van der Waals surface area contributed by atoms with E-state index < -0.39 is 0 Å². The fourth-order valence-corrected chi connectivity index (χ4v) is 1.20. The van der Waals surface area contributed by atoms with Gasteiger partial charge in [0.05, 0.1) is 6.10 Å². The number of aliphatic hydroxyl groups excluding tert-OH is 1. The Morgan fingerprint density at radius 1 is 1.60 bits per heavy atom. The molecule has 1 aliphatic rings. The minimum absolute atomic E-state index is 0.0255. The van der Waals surface area contributed by atoms with Crippen LogP contribution in [0.4, 0.5) is 0 Å². The minimum atomic E-state index is -0.277. The summed E-state index contributed by atoms with van der Waals surface area (Å²) in [5, 5.41) is 9.28. The predicted molar refractivity (Wildman–Crippen MR) is 41.6 cm³/mol. The van der Waals surface area contributed by atoms with Gasteiger partial charge < -0.3 is 10.8 Å². The molecule has 2 nitrogen and oxygen atoms in total. The second-order valence-corrected chi connectivity index (χ2v) is 3.32.